The first-order valence-corrected chi connectivity index (χ1v) is 9.11. The van der Waals surface area contributed by atoms with Crippen LogP contribution in [0.15, 0.2) is 35.2 Å². The quantitative estimate of drug-likeness (QED) is 0.922. The first kappa shape index (κ1) is 16.4. The summed E-state index contributed by atoms with van der Waals surface area (Å²) in [6.45, 7) is 0. The number of aliphatic hydroxyl groups is 1. The van der Waals surface area contributed by atoms with Crippen LogP contribution in [0.3, 0.4) is 0 Å². The largest absolute Gasteiger partial charge is 0.457 e. The third-order valence-electron chi connectivity index (χ3n) is 3.90. The molecule has 124 valence electrons. The molecule has 0 bridgehead atoms. The van der Waals surface area contributed by atoms with Gasteiger partial charge in [-0.1, -0.05) is 0 Å². The zero-order valence-corrected chi connectivity index (χ0v) is 13.6. The van der Waals surface area contributed by atoms with E-state index in [0.717, 1.165) is 18.4 Å². The lowest BCUT2D eigenvalue weighted by Gasteiger charge is -2.15. The van der Waals surface area contributed by atoms with Crippen molar-refractivity contribution >= 4 is 9.84 Å². The predicted octanol–water partition coefficient (Wildman–Crippen LogP) is 2.87. The van der Waals surface area contributed by atoms with Crippen LogP contribution in [0.2, 0.25) is 0 Å². The minimum absolute atomic E-state index is 0.106. The van der Waals surface area contributed by atoms with Crippen molar-refractivity contribution in [3.8, 4) is 17.6 Å². The summed E-state index contributed by atoms with van der Waals surface area (Å²) in [4.78, 5) is 0.165. The minimum atomic E-state index is -3.43. The highest BCUT2D eigenvalue weighted by Crippen LogP contribution is 2.42. The summed E-state index contributed by atoms with van der Waals surface area (Å²) < 4.78 is 42.9. The number of hydrogen-bond donors (Lipinski definition) is 1. The molecule has 1 aliphatic rings. The average molecular weight is 347 g/mol. The lowest BCUT2D eigenvalue weighted by molar-refractivity contribution is 0.177. The van der Waals surface area contributed by atoms with Crippen molar-refractivity contribution in [1.82, 2.24) is 0 Å². The molecule has 0 spiro atoms. The predicted molar refractivity (Wildman–Crippen MR) is 84.0 cm³/mol. The number of nitrogens with zero attached hydrogens (tertiary/aromatic N) is 1. The molecule has 0 heterocycles. The average Bonchev–Trinajstić information content (AvgIpc) is 2.88. The molecule has 5 nitrogen and oxygen atoms in total. The van der Waals surface area contributed by atoms with E-state index in [4.69, 9.17) is 10.00 Å². The van der Waals surface area contributed by atoms with E-state index in [9.17, 15) is 17.9 Å². The highest BCUT2D eigenvalue weighted by Gasteiger charge is 2.30. The van der Waals surface area contributed by atoms with Gasteiger partial charge >= 0.3 is 0 Å². The highest BCUT2D eigenvalue weighted by molar-refractivity contribution is 7.90. The number of ether oxygens (including phenoxy) is 1. The molecule has 2 aromatic rings. The van der Waals surface area contributed by atoms with Gasteiger partial charge in [-0.25, -0.2) is 12.8 Å². The van der Waals surface area contributed by atoms with E-state index < -0.39 is 21.8 Å². The van der Waals surface area contributed by atoms with Crippen LogP contribution >= 0.6 is 0 Å². The van der Waals surface area contributed by atoms with Crippen molar-refractivity contribution in [1.29, 1.82) is 5.26 Å². The van der Waals surface area contributed by atoms with E-state index in [1.54, 1.807) is 0 Å². The maximum atomic E-state index is 13.5. The normalized spacial score (nSPS) is 16.5. The van der Waals surface area contributed by atoms with Crippen LogP contribution in [0.4, 0.5) is 4.39 Å². The fourth-order valence-corrected chi connectivity index (χ4v) is 3.90. The molecule has 3 rings (SSSR count). The topological polar surface area (TPSA) is 87.4 Å². The van der Waals surface area contributed by atoms with Crippen molar-refractivity contribution in [3.05, 3.63) is 52.8 Å². The van der Waals surface area contributed by atoms with Gasteiger partial charge in [0.25, 0.3) is 0 Å². The SMILES string of the molecule is CS(=O)(=O)c1ccc(Oc2cc(F)cc(C#N)c2)c2c1CC[C@H]2O. The van der Waals surface area contributed by atoms with Gasteiger partial charge in [-0.3, -0.25) is 0 Å². The van der Waals surface area contributed by atoms with E-state index in [-0.39, 0.29) is 22.0 Å². The lowest BCUT2D eigenvalue weighted by Crippen LogP contribution is -2.04. The van der Waals surface area contributed by atoms with E-state index in [0.29, 0.717) is 24.0 Å². The van der Waals surface area contributed by atoms with Crippen molar-refractivity contribution in [2.24, 2.45) is 0 Å². The van der Waals surface area contributed by atoms with Gasteiger partial charge in [-0.15, -0.1) is 0 Å². The number of benzene rings is 2. The number of halogens is 1. The molecular formula is C17H14FNO4S. The monoisotopic (exact) mass is 347 g/mol. The summed E-state index contributed by atoms with van der Waals surface area (Å²) in [7, 11) is -3.43. The number of hydrogen-bond acceptors (Lipinski definition) is 5. The van der Waals surface area contributed by atoms with E-state index in [1.807, 2.05) is 6.07 Å². The highest BCUT2D eigenvalue weighted by atomic mass is 32.2. The van der Waals surface area contributed by atoms with Crippen LogP contribution in [-0.2, 0) is 16.3 Å². The smallest absolute Gasteiger partial charge is 0.175 e. The lowest BCUT2D eigenvalue weighted by atomic mass is 10.1. The van der Waals surface area contributed by atoms with Crippen LogP contribution in [0.25, 0.3) is 0 Å². The summed E-state index contributed by atoms with van der Waals surface area (Å²) in [5, 5.41) is 19.1. The Hall–Kier alpha value is -2.43. The third-order valence-corrected chi connectivity index (χ3v) is 5.08. The van der Waals surface area contributed by atoms with Gasteiger partial charge in [-0.2, -0.15) is 5.26 Å². The maximum Gasteiger partial charge on any atom is 0.175 e. The van der Waals surface area contributed by atoms with Gasteiger partial charge in [0.15, 0.2) is 9.84 Å². The van der Waals surface area contributed by atoms with Crippen LogP contribution in [0.1, 0.15) is 29.2 Å². The first-order chi connectivity index (χ1) is 11.3. The molecule has 0 aromatic heterocycles. The Morgan fingerprint density at radius 2 is 2.08 bits per heavy atom. The molecule has 7 heteroatoms. The van der Waals surface area contributed by atoms with Crippen LogP contribution in [0.5, 0.6) is 11.5 Å². The Kier molecular flexibility index (Phi) is 4.03. The van der Waals surface area contributed by atoms with Gasteiger partial charge in [0.2, 0.25) is 0 Å². The van der Waals surface area contributed by atoms with Crippen molar-refractivity contribution in [3.63, 3.8) is 0 Å². The second-order valence-corrected chi connectivity index (χ2v) is 7.65. The molecule has 0 saturated carbocycles. The summed E-state index contributed by atoms with van der Waals surface area (Å²) in [5.74, 6) is -0.245. The van der Waals surface area contributed by atoms with Gasteiger partial charge in [0.1, 0.15) is 17.3 Å². The van der Waals surface area contributed by atoms with E-state index in [1.165, 1.54) is 18.2 Å². The van der Waals surface area contributed by atoms with Gasteiger partial charge in [-0.05, 0) is 42.7 Å². The molecule has 24 heavy (non-hydrogen) atoms. The summed E-state index contributed by atoms with van der Waals surface area (Å²) in [6.07, 6.45) is 1.08. The van der Waals surface area contributed by atoms with Crippen molar-refractivity contribution in [2.75, 3.05) is 6.26 Å². The molecule has 0 saturated heterocycles. The fraction of sp³-hybridized carbons (Fsp3) is 0.235. The molecule has 0 fully saturated rings. The van der Waals surface area contributed by atoms with Crippen molar-refractivity contribution in [2.45, 2.75) is 23.8 Å². The van der Waals surface area contributed by atoms with Crippen LogP contribution in [0, 0.1) is 17.1 Å². The zero-order chi connectivity index (χ0) is 17.5. The second-order valence-electron chi connectivity index (χ2n) is 5.67. The molecular weight excluding hydrogens is 333 g/mol. The fourth-order valence-electron chi connectivity index (χ4n) is 2.92. The molecule has 2 aromatic carbocycles. The van der Waals surface area contributed by atoms with E-state index in [2.05, 4.69) is 0 Å². The van der Waals surface area contributed by atoms with E-state index >= 15 is 0 Å². The zero-order valence-electron chi connectivity index (χ0n) is 12.8. The first-order valence-electron chi connectivity index (χ1n) is 7.22. The maximum absolute atomic E-state index is 13.5. The van der Waals surface area contributed by atoms with Gasteiger partial charge in [0, 0.05) is 17.9 Å². The Balaban J connectivity index is 2.09. The number of fused-ring (bicyclic) bond motifs is 1. The minimum Gasteiger partial charge on any atom is -0.457 e. The number of sulfone groups is 1. The molecule has 1 aliphatic carbocycles. The van der Waals surface area contributed by atoms with Gasteiger partial charge in [0.05, 0.1) is 22.6 Å². The Bertz CT molecular complexity index is 963. The summed E-state index contributed by atoms with van der Waals surface area (Å²) in [5.41, 5.74) is 1.04. The van der Waals surface area contributed by atoms with Crippen LogP contribution < -0.4 is 4.74 Å². The number of nitriles is 1. The molecule has 1 N–H and O–H groups in total. The molecule has 0 radical (unpaired) electrons. The van der Waals surface area contributed by atoms with Crippen LogP contribution in [-0.4, -0.2) is 19.8 Å². The Morgan fingerprint density at radius 3 is 2.75 bits per heavy atom. The molecule has 0 unspecified atom stereocenters. The molecule has 0 aliphatic heterocycles. The standard InChI is InChI=1S/C17H14FNO4S/c1-24(21,22)16-5-4-15(17-13(16)2-3-14(17)20)23-12-7-10(9-19)6-11(18)8-12/h4-8,14,20H,2-3H2,1H3/t14-/m1/s1. The summed E-state index contributed by atoms with van der Waals surface area (Å²) in [6, 6.07) is 8.29. The van der Waals surface area contributed by atoms with Gasteiger partial charge < -0.3 is 9.84 Å². The number of aliphatic hydroxyl groups excluding tert-OH is 1. The summed E-state index contributed by atoms with van der Waals surface area (Å²) >= 11 is 0. The number of rotatable bonds is 3. The van der Waals surface area contributed by atoms with Crippen molar-refractivity contribution < 1.29 is 22.7 Å². The molecule has 0 amide bonds. The Labute approximate surface area is 138 Å². The second kappa shape index (κ2) is 5.89. The Morgan fingerprint density at radius 1 is 1.33 bits per heavy atom. The molecule has 1 atom stereocenters. The third kappa shape index (κ3) is 2.98.